The van der Waals surface area contributed by atoms with Crippen LogP contribution in [0.3, 0.4) is 0 Å². The molecule has 0 saturated heterocycles. The summed E-state index contributed by atoms with van der Waals surface area (Å²) >= 11 is 23.5. The lowest BCUT2D eigenvalue weighted by molar-refractivity contribution is 0.0474. The molecule has 0 aliphatic heterocycles. The van der Waals surface area contributed by atoms with Crippen LogP contribution in [0.1, 0.15) is 31.1 Å². The lowest BCUT2D eigenvalue weighted by Crippen LogP contribution is -2.14. The van der Waals surface area contributed by atoms with E-state index in [-0.39, 0.29) is 32.5 Å². The van der Waals surface area contributed by atoms with Crippen molar-refractivity contribution < 1.29 is 23.9 Å². The Morgan fingerprint density at radius 1 is 0.677 bits per heavy atom. The van der Waals surface area contributed by atoms with Gasteiger partial charge >= 0.3 is 11.9 Å². The van der Waals surface area contributed by atoms with Crippen molar-refractivity contribution in [3.8, 4) is 5.75 Å². The first kappa shape index (κ1) is 23.1. The van der Waals surface area contributed by atoms with Crippen LogP contribution in [0, 0.1) is 0 Å². The fourth-order valence-electron chi connectivity index (χ4n) is 2.45. The molecule has 0 fully saturated rings. The summed E-state index contributed by atoms with van der Waals surface area (Å²) < 4.78 is 10.3. The predicted octanol–water partition coefficient (Wildman–Crippen LogP) is 6.56. The second-order valence-corrected chi connectivity index (χ2v) is 7.82. The third-order valence-corrected chi connectivity index (χ3v) is 5.31. The van der Waals surface area contributed by atoms with Crippen molar-refractivity contribution in [2.24, 2.45) is 0 Å². The fraction of sp³-hybridized carbons (Fsp3) is 0.0455. The molecule has 9 heteroatoms. The molecule has 0 radical (unpaired) electrons. The highest BCUT2D eigenvalue weighted by Gasteiger charge is 2.16. The molecule has 3 aromatic carbocycles. The molecule has 3 rings (SSSR count). The van der Waals surface area contributed by atoms with Gasteiger partial charge in [-0.2, -0.15) is 0 Å². The van der Waals surface area contributed by atoms with E-state index in [1.165, 1.54) is 60.7 Å². The highest BCUT2D eigenvalue weighted by Crippen LogP contribution is 2.24. The van der Waals surface area contributed by atoms with Gasteiger partial charge in [-0.05, 0) is 60.7 Å². The number of carbonyl (C=O) groups excluding carboxylic acids is 3. The molecule has 0 N–H and O–H groups in total. The number of ketones is 1. The lowest BCUT2D eigenvalue weighted by Gasteiger charge is -2.08. The fourth-order valence-corrected chi connectivity index (χ4v) is 3.23. The van der Waals surface area contributed by atoms with Crippen LogP contribution in [0.5, 0.6) is 5.75 Å². The van der Waals surface area contributed by atoms with E-state index in [1.54, 1.807) is 0 Å². The van der Waals surface area contributed by atoms with Crippen LogP contribution in [0.4, 0.5) is 0 Å². The molecule has 0 aliphatic rings. The van der Waals surface area contributed by atoms with Gasteiger partial charge in [0, 0.05) is 10.6 Å². The zero-order valence-electron chi connectivity index (χ0n) is 15.5. The van der Waals surface area contributed by atoms with Gasteiger partial charge < -0.3 is 9.47 Å². The number of carbonyl (C=O) groups is 3. The van der Waals surface area contributed by atoms with Crippen molar-refractivity contribution in [2.75, 3.05) is 6.61 Å². The van der Waals surface area contributed by atoms with Crippen molar-refractivity contribution in [1.29, 1.82) is 0 Å². The molecular formula is C22H12Cl4O5. The van der Waals surface area contributed by atoms with Crippen LogP contribution >= 0.6 is 46.4 Å². The second-order valence-electron chi connectivity index (χ2n) is 6.17. The molecule has 158 valence electrons. The summed E-state index contributed by atoms with van der Waals surface area (Å²) in [6, 6.07) is 14.5. The van der Waals surface area contributed by atoms with Crippen LogP contribution in [0.2, 0.25) is 20.1 Å². The molecule has 0 bridgehead atoms. The second kappa shape index (κ2) is 10.2. The highest BCUT2D eigenvalue weighted by molar-refractivity contribution is 6.42. The Labute approximate surface area is 197 Å². The van der Waals surface area contributed by atoms with E-state index in [9.17, 15) is 14.4 Å². The summed E-state index contributed by atoms with van der Waals surface area (Å²) in [6.45, 7) is -0.486. The maximum atomic E-state index is 12.3. The molecule has 0 aliphatic carbocycles. The molecule has 0 aromatic heterocycles. The molecule has 3 aromatic rings. The van der Waals surface area contributed by atoms with Crippen LogP contribution in [-0.4, -0.2) is 24.3 Å². The van der Waals surface area contributed by atoms with Gasteiger partial charge in [0.1, 0.15) is 5.75 Å². The molecule has 0 spiro atoms. The topological polar surface area (TPSA) is 69.7 Å². The Hall–Kier alpha value is -2.57. The summed E-state index contributed by atoms with van der Waals surface area (Å²) in [5.41, 5.74) is 0.593. The highest BCUT2D eigenvalue weighted by atomic mass is 35.5. The number of hydrogen-bond acceptors (Lipinski definition) is 5. The van der Waals surface area contributed by atoms with Crippen molar-refractivity contribution in [3.63, 3.8) is 0 Å². The van der Waals surface area contributed by atoms with E-state index in [1.807, 2.05) is 0 Å². The number of benzene rings is 3. The Morgan fingerprint density at radius 3 is 2.00 bits per heavy atom. The van der Waals surface area contributed by atoms with Crippen LogP contribution in [-0.2, 0) is 4.74 Å². The van der Waals surface area contributed by atoms with Crippen molar-refractivity contribution >= 4 is 64.1 Å². The van der Waals surface area contributed by atoms with Crippen LogP contribution in [0.15, 0.2) is 60.7 Å². The Bertz CT molecular complexity index is 1160. The number of hydrogen-bond donors (Lipinski definition) is 0. The lowest BCUT2D eigenvalue weighted by atomic mass is 10.1. The van der Waals surface area contributed by atoms with E-state index < -0.39 is 24.3 Å². The van der Waals surface area contributed by atoms with Gasteiger partial charge in [0.05, 0.1) is 26.2 Å². The zero-order valence-corrected chi connectivity index (χ0v) is 18.6. The van der Waals surface area contributed by atoms with Crippen molar-refractivity contribution in [3.05, 3.63) is 97.4 Å². The van der Waals surface area contributed by atoms with Crippen molar-refractivity contribution in [1.82, 2.24) is 0 Å². The quantitative estimate of drug-likeness (QED) is 0.219. The number of rotatable bonds is 6. The van der Waals surface area contributed by atoms with Gasteiger partial charge in [-0.25, -0.2) is 9.59 Å². The summed E-state index contributed by atoms with van der Waals surface area (Å²) in [4.78, 5) is 36.6. The van der Waals surface area contributed by atoms with E-state index in [2.05, 4.69) is 0 Å². The summed E-state index contributed by atoms with van der Waals surface area (Å²) in [5, 5.41) is 1.04. The summed E-state index contributed by atoms with van der Waals surface area (Å²) in [7, 11) is 0. The molecule has 31 heavy (non-hydrogen) atoms. The monoisotopic (exact) mass is 496 g/mol. The maximum absolute atomic E-state index is 12.3. The number of halogens is 4. The average Bonchev–Trinajstić information content (AvgIpc) is 2.74. The van der Waals surface area contributed by atoms with Gasteiger partial charge in [-0.1, -0.05) is 46.4 Å². The SMILES string of the molecule is O=C(COC(=O)c1ccc(Cl)cc1Cl)c1ccc(OC(=O)c2ccc(Cl)c(Cl)c2)cc1. The number of Topliss-reactive ketones (excluding diaryl/α,β-unsaturated/α-hetero) is 1. The van der Waals surface area contributed by atoms with Gasteiger partial charge in [0.25, 0.3) is 0 Å². The van der Waals surface area contributed by atoms with Gasteiger partial charge in [0.15, 0.2) is 12.4 Å². The first-order valence-electron chi connectivity index (χ1n) is 8.67. The predicted molar refractivity (Wildman–Crippen MR) is 119 cm³/mol. The number of ether oxygens (including phenoxy) is 2. The average molecular weight is 498 g/mol. The smallest absolute Gasteiger partial charge is 0.343 e. The largest absolute Gasteiger partial charge is 0.454 e. The van der Waals surface area contributed by atoms with E-state index in [0.717, 1.165) is 0 Å². The van der Waals surface area contributed by atoms with Gasteiger partial charge in [-0.15, -0.1) is 0 Å². The zero-order chi connectivity index (χ0) is 22.5. The molecule has 0 atom stereocenters. The van der Waals surface area contributed by atoms with Gasteiger partial charge in [0.2, 0.25) is 0 Å². The third-order valence-electron chi connectivity index (χ3n) is 4.03. The Morgan fingerprint density at radius 2 is 1.35 bits per heavy atom. The first-order valence-corrected chi connectivity index (χ1v) is 10.2. The molecule has 0 amide bonds. The standard InChI is InChI=1S/C22H12Cl4O5/c23-14-4-7-16(18(25)10-14)22(29)30-11-20(27)12-1-5-15(6-2-12)31-21(28)13-3-8-17(24)19(26)9-13/h1-10H,11H2. The van der Waals surface area contributed by atoms with E-state index >= 15 is 0 Å². The number of esters is 2. The molecule has 0 heterocycles. The van der Waals surface area contributed by atoms with E-state index in [4.69, 9.17) is 55.9 Å². The van der Waals surface area contributed by atoms with Crippen LogP contribution in [0.25, 0.3) is 0 Å². The summed E-state index contributed by atoms with van der Waals surface area (Å²) in [5.74, 6) is -1.60. The minimum Gasteiger partial charge on any atom is -0.454 e. The van der Waals surface area contributed by atoms with Crippen LogP contribution < -0.4 is 4.74 Å². The molecule has 0 saturated carbocycles. The Balaban J connectivity index is 1.58. The Kier molecular flexibility index (Phi) is 7.57. The molecule has 5 nitrogen and oxygen atoms in total. The molecular weight excluding hydrogens is 486 g/mol. The van der Waals surface area contributed by atoms with E-state index in [0.29, 0.717) is 10.0 Å². The molecule has 0 unspecified atom stereocenters. The minimum atomic E-state index is -0.748. The van der Waals surface area contributed by atoms with Gasteiger partial charge in [-0.3, -0.25) is 4.79 Å². The third kappa shape index (κ3) is 5.99. The first-order chi connectivity index (χ1) is 14.7. The normalized spacial score (nSPS) is 10.5. The van der Waals surface area contributed by atoms with Crippen molar-refractivity contribution in [2.45, 2.75) is 0 Å². The maximum Gasteiger partial charge on any atom is 0.343 e. The summed E-state index contributed by atoms with van der Waals surface area (Å²) in [6.07, 6.45) is 0. The minimum absolute atomic E-state index is 0.100.